The SMILES string of the molecule is C=C(C)C(=O)N(C)CC(=O)c1ccc(O)c(O)c1. The van der Waals surface area contributed by atoms with Crippen molar-refractivity contribution >= 4 is 11.7 Å². The molecule has 1 aromatic carbocycles. The number of amides is 1. The van der Waals surface area contributed by atoms with Gasteiger partial charge in [0.15, 0.2) is 17.3 Å². The first-order chi connectivity index (χ1) is 8.32. The van der Waals surface area contributed by atoms with Crippen LogP contribution in [0.15, 0.2) is 30.4 Å². The second-order valence-corrected chi connectivity index (χ2v) is 4.07. The molecule has 1 rings (SSSR count). The topological polar surface area (TPSA) is 77.8 Å². The summed E-state index contributed by atoms with van der Waals surface area (Å²) < 4.78 is 0. The summed E-state index contributed by atoms with van der Waals surface area (Å²) in [6.07, 6.45) is 0. The van der Waals surface area contributed by atoms with Gasteiger partial charge in [-0.3, -0.25) is 9.59 Å². The highest BCUT2D eigenvalue weighted by Gasteiger charge is 2.15. The van der Waals surface area contributed by atoms with Gasteiger partial charge in [-0.25, -0.2) is 0 Å². The minimum atomic E-state index is -0.366. The maximum absolute atomic E-state index is 11.8. The molecule has 0 aliphatic heterocycles. The lowest BCUT2D eigenvalue weighted by Gasteiger charge is -2.16. The van der Waals surface area contributed by atoms with Crippen LogP contribution in [0.4, 0.5) is 0 Å². The lowest BCUT2D eigenvalue weighted by Crippen LogP contribution is -2.32. The fourth-order valence-corrected chi connectivity index (χ4v) is 1.40. The van der Waals surface area contributed by atoms with Gasteiger partial charge in [-0.1, -0.05) is 6.58 Å². The summed E-state index contributed by atoms with van der Waals surface area (Å²) in [5.41, 5.74) is 0.575. The van der Waals surface area contributed by atoms with E-state index in [0.29, 0.717) is 5.57 Å². The first-order valence-electron chi connectivity index (χ1n) is 5.29. The number of hydrogen-bond acceptors (Lipinski definition) is 4. The van der Waals surface area contributed by atoms with Gasteiger partial charge in [0.25, 0.3) is 0 Å². The number of rotatable bonds is 4. The van der Waals surface area contributed by atoms with Crippen LogP contribution in [0.5, 0.6) is 11.5 Å². The average Bonchev–Trinajstić information content (AvgIpc) is 2.31. The van der Waals surface area contributed by atoms with Gasteiger partial charge < -0.3 is 15.1 Å². The molecule has 18 heavy (non-hydrogen) atoms. The Morgan fingerprint density at radius 2 is 1.89 bits per heavy atom. The summed E-state index contributed by atoms with van der Waals surface area (Å²) in [4.78, 5) is 24.6. The molecule has 0 spiro atoms. The quantitative estimate of drug-likeness (QED) is 0.479. The minimum absolute atomic E-state index is 0.115. The predicted molar refractivity (Wildman–Crippen MR) is 66.6 cm³/mol. The number of likely N-dealkylation sites (N-methyl/N-ethyl adjacent to an activating group) is 1. The number of aromatic hydroxyl groups is 2. The van der Waals surface area contributed by atoms with Crippen LogP contribution >= 0.6 is 0 Å². The van der Waals surface area contributed by atoms with Crippen molar-refractivity contribution in [2.75, 3.05) is 13.6 Å². The highest BCUT2D eigenvalue weighted by atomic mass is 16.3. The molecule has 5 heteroatoms. The number of benzene rings is 1. The summed E-state index contributed by atoms with van der Waals surface area (Å²) >= 11 is 0. The molecule has 0 aliphatic carbocycles. The van der Waals surface area contributed by atoms with E-state index in [0.717, 1.165) is 6.07 Å². The standard InChI is InChI=1S/C13H15NO4/c1-8(2)13(18)14(3)7-12(17)9-4-5-10(15)11(16)6-9/h4-6,15-16H,1,7H2,2-3H3. The van der Waals surface area contributed by atoms with E-state index >= 15 is 0 Å². The lowest BCUT2D eigenvalue weighted by atomic mass is 10.1. The zero-order valence-corrected chi connectivity index (χ0v) is 10.3. The van der Waals surface area contributed by atoms with E-state index in [-0.39, 0.29) is 35.3 Å². The number of carbonyl (C=O) groups is 2. The summed E-state index contributed by atoms with van der Waals surface area (Å²) in [5, 5.41) is 18.4. The molecule has 0 saturated heterocycles. The highest BCUT2D eigenvalue weighted by Crippen LogP contribution is 2.25. The van der Waals surface area contributed by atoms with Crippen molar-refractivity contribution < 1.29 is 19.8 Å². The van der Waals surface area contributed by atoms with E-state index in [2.05, 4.69) is 6.58 Å². The Bertz CT molecular complexity index is 508. The van der Waals surface area contributed by atoms with Gasteiger partial charge in [-0.05, 0) is 25.1 Å². The molecule has 0 radical (unpaired) electrons. The Morgan fingerprint density at radius 3 is 2.39 bits per heavy atom. The summed E-state index contributed by atoms with van der Waals surface area (Å²) in [7, 11) is 1.50. The average molecular weight is 249 g/mol. The Kier molecular flexibility index (Phi) is 4.09. The zero-order valence-electron chi connectivity index (χ0n) is 10.3. The van der Waals surface area contributed by atoms with Crippen LogP contribution in [-0.4, -0.2) is 40.4 Å². The van der Waals surface area contributed by atoms with Crippen molar-refractivity contribution in [2.24, 2.45) is 0 Å². The van der Waals surface area contributed by atoms with Gasteiger partial charge >= 0.3 is 0 Å². The molecule has 1 amide bonds. The second kappa shape index (κ2) is 5.35. The highest BCUT2D eigenvalue weighted by molar-refractivity contribution is 6.01. The lowest BCUT2D eigenvalue weighted by molar-refractivity contribution is -0.125. The van der Waals surface area contributed by atoms with Crippen molar-refractivity contribution in [3.63, 3.8) is 0 Å². The van der Waals surface area contributed by atoms with Crippen molar-refractivity contribution in [3.05, 3.63) is 35.9 Å². The third-order valence-corrected chi connectivity index (χ3v) is 2.39. The number of ketones is 1. The number of nitrogens with zero attached hydrogens (tertiary/aromatic N) is 1. The van der Waals surface area contributed by atoms with Gasteiger partial charge in [-0.2, -0.15) is 0 Å². The van der Waals surface area contributed by atoms with Crippen LogP contribution in [0.25, 0.3) is 0 Å². The van der Waals surface area contributed by atoms with E-state index in [4.69, 9.17) is 5.11 Å². The molecule has 0 aliphatic rings. The molecule has 0 unspecified atom stereocenters. The van der Waals surface area contributed by atoms with E-state index in [1.54, 1.807) is 6.92 Å². The second-order valence-electron chi connectivity index (χ2n) is 4.07. The number of hydrogen-bond donors (Lipinski definition) is 2. The smallest absolute Gasteiger partial charge is 0.249 e. The Balaban J connectivity index is 2.79. The molecular weight excluding hydrogens is 234 g/mol. The molecule has 0 atom stereocenters. The first-order valence-corrected chi connectivity index (χ1v) is 5.29. The molecule has 2 N–H and O–H groups in total. The van der Waals surface area contributed by atoms with Crippen molar-refractivity contribution in [1.82, 2.24) is 4.90 Å². The largest absolute Gasteiger partial charge is 0.504 e. The number of phenols is 2. The van der Waals surface area contributed by atoms with Gasteiger partial charge in [0.2, 0.25) is 5.91 Å². The molecule has 1 aromatic rings. The maximum Gasteiger partial charge on any atom is 0.249 e. The molecule has 0 aromatic heterocycles. The normalized spacial score (nSPS) is 9.89. The van der Waals surface area contributed by atoms with Crippen LogP contribution in [0, 0.1) is 0 Å². The Morgan fingerprint density at radius 1 is 1.28 bits per heavy atom. The van der Waals surface area contributed by atoms with Crippen LogP contribution in [0.2, 0.25) is 0 Å². The van der Waals surface area contributed by atoms with Gasteiger partial charge in [0.1, 0.15) is 0 Å². The molecular formula is C13H15NO4. The van der Waals surface area contributed by atoms with Crippen LogP contribution in [0.3, 0.4) is 0 Å². The molecule has 96 valence electrons. The molecule has 5 nitrogen and oxygen atoms in total. The van der Waals surface area contributed by atoms with E-state index in [1.807, 2.05) is 0 Å². The maximum atomic E-state index is 11.8. The third-order valence-electron chi connectivity index (χ3n) is 2.39. The van der Waals surface area contributed by atoms with E-state index < -0.39 is 0 Å². The van der Waals surface area contributed by atoms with E-state index in [1.165, 1.54) is 24.1 Å². The van der Waals surface area contributed by atoms with Crippen molar-refractivity contribution in [1.29, 1.82) is 0 Å². The molecule has 0 bridgehead atoms. The first kappa shape index (κ1) is 13.8. The monoisotopic (exact) mass is 249 g/mol. The number of Topliss-reactive ketones (excluding diaryl/α,β-unsaturated/α-hetero) is 1. The number of phenolic OH excluding ortho intramolecular Hbond substituents is 2. The van der Waals surface area contributed by atoms with Gasteiger partial charge in [0, 0.05) is 18.2 Å². The van der Waals surface area contributed by atoms with Crippen molar-refractivity contribution in [2.45, 2.75) is 6.92 Å². The van der Waals surface area contributed by atoms with Gasteiger partial charge in [-0.15, -0.1) is 0 Å². The van der Waals surface area contributed by atoms with Crippen LogP contribution in [0.1, 0.15) is 17.3 Å². The molecule has 0 fully saturated rings. The fraction of sp³-hybridized carbons (Fsp3) is 0.231. The van der Waals surface area contributed by atoms with Crippen LogP contribution in [-0.2, 0) is 4.79 Å². The number of carbonyl (C=O) groups excluding carboxylic acids is 2. The minimum Gasteiger partial charge on any atom is -0.504 e. The molecule has 0 saturated carbocycles. The van der Waals surface area contributed by atoms with Crippen LogP contribution < -0.4 is 0 Å². The Labute approximate surface area is 105 Å². The predicted octanol–water partition coefficient (Wildman–Crippen LogP) is 1.31. The summed E-state index contributed by atoms with van der Waals surface area (Å²) in [6, 6.07) is 3.77. The Hall–Kier alpha value is -2.30. The summed E-state index contributed by atoms with van der Waals surface area (Å²) in [6.45, 7) is 4.96. The fourth-order valence-electron chi connectivity index (χ4n) is 1.40. The zero-order chi connectivity index (χ0) is 13.9. The van der Waals surface area contributed by atoms with Crippen molar-refractivity contribution in [3.8, 4) is 11.5 Å². The summed E-state index contributed by atoms with van der Waals surface area (Å²) in [5.74, 6) is -1.30. The van der Waals surface area contributed by atoms with E-state index in [9.17, 15) is 14.7 Å². The third kappa shape index (κ3) is 3.10. The van der Waals surface area contributed by atoms with Gasteiger partial charge in [0.05, 0.1) is 6.54 Å². The molecule has 0 heterocycles.